The highest BCUT2D eigenvalue weighted by atomic mass is 35.5. The Morgan fingerprint density at radius 1 is 0.921 bits per heavy atom. The minimum atomic E-state index is -3.60. The van der Waals surface area contributed by atoms with E-state index in [1.807, 2.05) is 53.8 Å². The van der Waals surface area contributed by atoms with Gasteiger partial charge < -0.3 is 9.64 Å². The predicted octanol–water partition coefficient (Wildman–Crippen LogP) is 4.43. The summed E-state index contributed by atoms with van der Waals surface area (Å²) in [5.74, 6) is 1.87. The summed E-state index contributed by atoms with van der Waals surface area (Å²) in [5.41, 5.74) is 3.12. The molecular formula is C27H25ClN6O3S. The van der Waals surface area contributed by atoms with Gasteiger partial charge in [0.2, 0.25) is 16.0 Å². The van der Waals surface area contributed by atoms with Crippen LogP contribution in [-0.4, -0.2) is 65.6 Å². The van der Waals surface area contributed by atoms with E-state index in [0.29, 0.717) is 64.8 Å². The van der Waals surface area contributed by atoms with Gasteiger partial charge in [-0.05, 0) is 49.4 Å². The zero-order valence-electron chi connectivity index (χ0n) is 20.9. The lowest BCUT2D eigenvalue weighted by molar-refractivity contribution is 0.382. The van der Waals surface area contributed by atoms with E-state index in [2.05, 4.69) is 15.1 Å². The van der Waals surface area contributed by atoms with Gasteiger partial charge in [-0.15, -0.1) is 10.2 Å². The van der Waals surface area contributed by atoms with Crippen LogP contribution in [0.3, 0.4) is 0 Å². The first-order chi connectivity index (χ1) is 18.4. The van der Waals surface area contributed by atoms with Crippen molar-refractivity contribution in [2.75, 3.05) is 38.2 Å². The third kappa shape index (κ3) is 4.14. The van der Waals surface area contributed by atoms with E-state index >= 15 is 0 Å². The van der Waals surface area contributed by atoms with Crippen LogP contribution in [0.1, 0.15) is 5.56 Å². The first-order valence-electron chi connectivity index (χ1n) is 12.2. The van der Waals surface area contributed by atoms with Gasteiger partial charge in [-0.2, -0.15) is 4.31 Å². The molecule has 2 aromatic heterocycles. The number of aromatic nitrogens is 4. The number of hydrogen-bond donors (Lipinski definition) is 0. The summed E-state index contributed by atoms with van der Waals surface area (Å²) in [6, 6.07) is 20.1. The van der Waals surface area contributed by atoms with Gasteiger partial charge in [0.25, 0.3) is 0 Å². The molecule has 0 amide bonds. The normalized spacial score (nSPS) is 14.9. The maximum Gasteiger partial charge on any atom is 0.243 e. The first kappa shape index (κ1) is 24.6. The highest BCUT2D eigenvalue weighted by Crippen LogP contribution is 2.34. The topological polar surface area (TPSA) is 92.9 Å². The monoisotopic (exact) mass is 548 g/mol. The molecular weight excluding hydrogens is 524 g/mol. The van der Waals surface area contributed by atoms with E-state index in [9.17, 15) is 8.42 Å². The zero-order valence-corrected chi connectivity index (χ0v) is 22.4. The SMILES string of the molecule is COc1ccccc1-c1nnc2c3ccc(Cl)cc3nc(N3CCN(S(=O)(=O)c4ccc(C)cc4)CC3)n12. The van der Waals surface area contributed by atoms with Crippen molar-refractivity contribution < 1.29 is 13.2 Å². The molecule has 3 aromatic carbocycles. The van der Waals surface area contributed by atoms with Crippen molar-refractivity contribution >= 4 is 44.1 Å². The number of aryl methyl sites for hydroxylation is 1. The van der Waals surface area contributed by atoms with Crippen LogP contribution in [0.25, 0.3) is 27.9 Å². The Morgan fingerprint density at radius 2 is 1.66 bits per heavy atom. The first-order valence-corrected chi connectivity index (χ1v) is 14.0. The molecule has 0 spiro atoms. The maximum atomic E-state index is 13.3. The highest BCUT2D eigenvalue weighted by Gasteiger charge is 2.31. The number of piperazine rings is 1. The Bertz CT molecular complexity index is 1760. The second-order valence-corrected chi connectivity index (χ2v) is 11.5. The van der Waals surface area contributed by atoms with Crippen LogP contribution >= 0.6 is 11.6 Å². The molecule has 0 N–H and O–H groups in total. The standard InChI is InChI=1S/C27H25ClN6O3S/c1-18-7-10-20(11-8-18)38(35,36)33-15-13-32(14-16-33)27-29-23-17-19(28)9-12-21(23)25-30-31-26(34(25)27)22-5-3-4-6-24(22)37-2/h3-12,17H,13-16H2,1-2H3. The fourth-order valence-electron chi connectivity index (χ4n) is 4.80. The van der Waals surface area contributed by atoms with Crippen molar-refractivity contribution in [2.45, 2.75) is 11.8 Å². The molecule has 0 bridgehead atoms. The number of hydrogen-bond acceptors (Lipinski definition) is 7. The fraction of sp³-hybridized carbons (Fsp3) is 0.222. The third-order valence-electron chi connectivity index (χ3n) is 6.81. The van der Waals surface area contributed by atoms with Crippen molar-refractivity contribution in [3.05, 3.63) is 77.3 Å². The number of rotatable bonds is 5. The minimum absolute atomic E-state index is 0.301. The number of nitrogens with zero attached hydrogens (tertiary/aromatic N) is 6. The molecule has 6 rings (SSSR count). The van der Waals surface area contributed by atoms with E-state index in [-0.39, 0.29) is 0 Å². The molecule has 0 radical (unpaired) electrons. The van der Waals surface area contributed by atoms with Crippen LogP contribution < -0.4 is 9.64 Å². The Labute approximate surface area is 225 Å². The Morgan fingerprint density at radius 3 is 2.39 bits per heavy atom. The summed E-state index contributed by atoms with van der Waals surface area (Å²) >= 11 is 6.30. The molecule has 11 heteroatoms. The van der Waals surface area contributed by atoms with Crippen molar-refractivity contribution in [1.82, 2.24) is 23.9 Å². The Balaban J connectivity index is 1.43. The van der Waals surface area contributed by atoms with E-state index < -0.39 is 10.0 Å². The molecule has 1 aliphatic heterocycles. The maximum absolute atomic E-state index is 13.3. The van der Waals surface area contributed by atoms with Crippen LogP contribution in [-0.2, 0) is 10.0 Å². The quantitative estimate of drug-likeness (QED) is 0.321. The minimum Gasteiger partial charge on any atom is -0.496 e. The highest BCUT2D eigenvalue weighted by molar-refractivity contribution is 7.89. The molecule has 0 aliphatic carbocycles. The van der Waals surface area contributed by atoms with Gasteiger partial charge in [0.15, 0.2) is 11.5 Å². The average molecular weight is 549 g/mol. The summed E-state index contributed by atoms with van der Waals surface area (Å²) in [4.78, 5) is 7.34. The lowest BCUT2D eigenvalue weighted by Gasteiger charge is -2.35. The Hall–Kier alpha value is -3.73. The molecule has 1 aliphatic rings. The second kappa shape index (κ2) is 9.54. The van der Waals surface area contributed by atoms with E-state index in [0.717, 1.165) is 16.5 Å². The van der Waals surface area contributed by atoms with Crippen LogP contribution in [0, 0.1) is 6.92 Å². The summed E-state index contributed by atoms with van der Waals surface area (Å²) in [7, 11) is -1.98. The van der Waals surface area contributed by atoms with Gasteiger partial charge in [0, 0.05) is 36.6 Å². The lowest BCUT2D eigenvalue weighted by Crippen LogP contribution is -2.49. The number of para-hydroxylation sites is 1. The molecule has 1 fully saturated rings. The zero-order chi connectivity index (χ0) is 26.4. The molecule has 0 unspecified atom stereocenters. The number of benzene rings is 3. The van der Waals surface area contributed by atoms with Gasteiger partial charge in [-0.3, -0.25) is 0 Å². The number of halogens is 1. The van der Waals surface area contributed by atoms with Gasteiger partial charge in [-0.1, -0.05) is 41.4 Å². The van der Waals surface area contributed by atoms with Gasteiger partial charge in [0.05, 0.1) is 23.1 Å². The lowest BCUT2D eigenvalue weighted by atomic mass is 10.2. The van der Waals surface area contributed by atoms with Crippen LogP contribution in [0.15, 0.2) is 71.6 Å². The molecule has 3 heterocycles. The molecule has 9 nitrogen and oxygen atoms in total. The smallest absolute Gasteiger partial charge is 0.243 e. The van der Waals surface area contributed by atoms with E-state index in [4.69, 9.17) is 21.3 Å². The van der Waals surface area contributed by atoms with Crippen molar-refractivity contribution in [1.29, 1.82) is 0 Å². The second-order valence-electron chi connectivity index (χ2n) is 9.16. The van der Waals surface area contributed by atoms with Gasteiger partial charge >= 0.3 is 0 Å². The predicted molar refractivity (Wildman–Crippen MR) is 147 cm³/mol. The summed E-state index contributed by atoms with van der Waals surface area (Å²) in [6.45, 7) is 3.47. The van der Waals surface area contributed by atoms with Gasteiger partial charge in [-0.25, -0.2) is 17.8 Å². The molecule has 38 heavy (non-hydrogen) atoms. The summed E-state index contributed by atoms with van der Waals surface area (Å²) < 4.78 is 35.6. The van der Waals surface area contributed by atoms with Crippen molar-refractivity contribution in [3.8, 4) is 17.1 Å². The summed E-state index contributed by atoms with van der Waals surface area (Å²) in [5, 5.41) is 10.4. The van der Waals surface area contributed by atoms with Gasteiger partial charge in [0.1, 0.15) is 5.75 Å². The molecule has 1 saturated heterocycles. The molecule has 5 aromatic rings. The van der Waals surface area contributed by atoms with Crippen LogP contribution in [0.5, 0.6) is 5.75 Å². The molecule has 0 atom stereocenters. The Kier molecular flexibility index (Phi) is 6.17. The summed E-state index contributed by atoms with van der Waals surface area (Å²) in [6.07, 6.45) is 0. The van der Waals surface area contributed by atoms with Crippen molar-refractivity contribution in [3.63, 3.8) is 0 Å². The largest absolute Gasteiger partial charge is 0.496 e. The van der Waals surface area contributed by atoms with E-state index in [1.165, 1.54) is 4.31 Å². The number of methoxy groups -OCH3 is 1. The average Bonchev–Trinajstić information content (AvgIpc) is 3.38. The van der Waals surface area contributed by atoms with E-state index in [1.54, 1.807) is 31.4 Å². The van der Waals surface area contributed by atoms with Crippen LogP contribution in [0.4, 0.5) is 5.95 Å². The number of fused-ring (bicyclic) bond motifs is 3. The van der Waals surface area contributed by atoms with Crippen molar-refractivity contribution in [2.24, 2.45) is 0 Å². The van der Waals surface area contributed by atoms with Crippen LogP contribution in [0.2, 0.25) is 5.02 Å². The third-order valence-corrected chi connectivity index (χ3v) is 8.96. The molecule has 0 saturated carbocycles. The number of anilines is 1. The number of sulfonamides is 1. The molecule has 194 valence electrons. The fourth-order valence-corrected chi connectivity index (χ4v) is 6.38. The number of ether oxygens (including phenoxy) is 1.